The Labute approximate surface area is 107 Å². The summed E-state index contributed by atoms with van der Waals surface area (Å²) in [5, 5.41) is 9.36. The molecule has 1 aliphatic carbocycles. The number of carboxylic acids is 1. The van der Waals surface area contributed by atoms with E-state index in [0.29, 0.717) is 13.0 Å². The zero-order valence-electron chi connectivity index (χ0n) is 9.84. The average molecular weight is 257 g/mol. The molecule has 1 amide bonds. The third kappa shape index (κ3) is 2.76. The van der Waals surface area contributed by atoms with Crippen LogP contribution in [0, 0.1) is 5.92 Å². The summed E-state index contributed by atoms with van der Waals surface area (Å²) in [5.41, 5.74) is 0. The molecule has 0 aromatic rings. The molecule has 1 saturated carbocycles. The molecule has 0 aromatic carbocycles. The summed E-state index contributed by atoms with van der Waals surface area (Å²) < 4.78 is 0. The van der Waals surface area contributed by atoms with Gasteiger partial charge in [-0.15, -0.1) is 0 Å². The quantitative estimate of drug-likeness (QED) is 0.754. The number of likely N-dealkylation sites (tertiary alicyclic amines) is 1. The van der Waals surface area contributed by atoms with Gasteiger partial charge in [0.1, 0.15) is 6.04 Å². The summed E-state index contributed by atoms with van der Waals surface area (Å²) in [6.07, 6.45) is 5.59. The van der Waals surface area contributed by atoms with Gasteiger partial charge < -0.3 is 10.0 Å². The van der Waals surface area contributed by atoms with Crippen molar-refractivity contribution in [3.8, 4) is 0 Å². The highest BCUT2D eigenvalue weighted by Crippen LogP contribution is 2.31. The Bertz CT molecular complexity index is 315. The molecule has 0 aromatic heterocycles. The largest absolute Gasteiger partial charge is 0.480 e. The highest BCUT2D eigenvalue weighted by Gasteiger charge is 2.40. The van der Waals surface area contributed by atoms with Gasteiger partial charge in [0.05, 0.1) is 0 Å². The molecule has 4 nitrogen and oxygen atoms in total. The van der Waals surface area contributed by atoms with Crippen LogP contribution in [0.3, 0.4) is 0 Å². The Morgan fingerprint density at radius 2 is 2.00 bits per heavy atom. The number of carbonyl (C=O) groups excluding carboxylic acids is 1. The molecule has 17 heavy (non-hydrogen) atoms. The lowest BCUT2D eigenvalue weighted by Gasteiger charge is -2.33. The molecule has 2 rings (SSSR count). The molecule has 96 valence electrons. The van der Waals surface area contributed by atoms with Gasteiger partial charge in [0.25, 0.3) is 0 Å². The summed E-state index contributed by atoms with van der Waals surface area (Å²) in [4.78, 5) is 24.7. The number of hydrogen-bond donors (Lipinski definition) is 2. The predicted molar refractivity (Wildman–Crippen MR) is 67.1 cm³/mol. The second-order valence-corrected chi connectivity index (χ2v) is 5.82. The van der Waals surface area contributed by atoms with Crippen LogP contribution in [0.2, 0.25) is 0 Å². The third-order valence-corrected chi connectivity index (χ3v) is 4.17. The molecule has 1 unspecified atom stereocenters. The zero-order valence-corrected chi connectivity index (χ0v) is 10.7. The van der Waals surface area contributed by atoms with E-state index >= 15 is 0 Å². The van der Waals surface area contributed by atoms with Crippen molar-refractivity contribution in [2.45, 2.75) is 49.8 Å². The SMILES string of the molecule is O=C(O)[C@H](C1CCCCC1)N1CC(S)CC1=O. The van der Waals surface area contributed by atoms with Crippen LogP contribution in [0.1, 0.15) is 38.5 Å². The van der Waals surface area contributed by atoms with Crippen LogP contribution in [0.25, 0.3) is 0 Å². The molecule has 0 spiro atoms. The van der Waals surface area contributed by atoms with Gasteiger partial charge in [-0.2, -0.15) is 12.6 Å². The first-order chi connectivity index (χ1) is 8.09. The van der Waals surface area contributed by atoms with Crippen LogP contribution in [0.5, 0.6) is 0 Å². The van der Waals surface area contributed by atoms with Crippen molar-refractivity contribution in [2.75, 3.05) is 6.54 Å². The number of aliphatic carboxylic acids is 1. The smallest absolute Gasteiger partial charge is 0.326 e. The van der Waals surface area contributed by atoms with Gasteiger partial charge in [-0.25, -0.2) is 4.79 Å². The van der Waals surface area contributed by atoms with E-state index in [-0.39, 0.29) is 17.1 Å². The van der Waals surface area contributed by atoms with Crippen molar-refractivity contribution >= 4 is 24.5 Å². The molecule has 2 aliphatic rings. The Balaban J connectivity index is 2.11. The number of nitrogens with zero attached hydrogens (tertiary/aromatic N) is 1. The van der Waals surface area contributed by atoms with E-state index in [0.717, 1.165) is 25.7 Å². The van der Waals surface area contributed by atoms with Gasteiger partial charge in [0.2, 0.25) is 5.91 Å². The fourth-order valence-corrected chi connectivity index (χ4v) is 3.35. The van der Waals surface area contributed by atoms with Crippen molar-refractivity contribution in [3.05, 3.63) is 0 Å². The fraction of sp³-hybridized carbons (Fsp3) is 0.833. The minimum absolute atomic E-state index is 0.00654. The minimum atomic E-state index is -0.854. The molecule has 1 N–H and O–H groups in total. The van der Waals surface area contributed by atoms with Gasteiger partial charge >= 0.3 is 5.97 Å². The molecule has 2 atom stereocenters. The second kappa shape index (κ2) is 5.29. The first-order valence-electron chi connectivity index (χ1n) is 6.30. The van der Waals surface area contributed by atoms with Gasteiger partial charge in [-0.3, -0.25) is 4.79 Å². The molecule has 0 radical (unpaired) electrons. The van der Waals surface area contributed by atoms with Crippen LogP contribution in [0.4, 0.5) is 0 Å². The maximum atomic E-state index is 11.8. The maximum Gasteiger partial charge on any atom is 0.326 e. The van der Waals surface area contributed by atoms with Gasteiger partial charge in [-0.1, -0.05) is 19.3 Å². The van der Waals surface area contributed by atoms with E-state index in [1.807, 2.05) is 0 Å². The van der Waals surface area contributed by atoms with E-state index in [1.54, 1.807) is 0 Å². The highest BCUT2D eigenvalue weighted by molar-refractivity contribution is 7.81. The molecule has 5 heteroatoms. The first kappa shape index (κ1) is 12.7. The number of hydrogen-bond acceptors (Lipinski definition) is 3. The zero-order chi connectivity index (χ0) is 12.4. The number of rotatable bonds is 3. The lowest BCUT2D eigenvalue weighted by atomic mass is 9.83. The summed E-state index contributed by atoms with van der Waals surface area (Å²) in [5.74, 6) is -0.778. The Kier molecular flexibility index (Phi) is 3.97. The topological polar surface area (TPSA) is 57.6 Å². The molecule has 1 heterocycles. The number of carboxylic acid groups (broad SMARTS) is 1. The molecular weight excluding hydrogens is 238 g/mol. The van der Waals surface area contributed by atoms with Crippen molar-refractivity contribution < 1.29 is 14.7 Å². The lowest BCUT2D eigenvalue weighted by molar-refractivity contribution is -0.151. The standard InChI is InChI=1S/C12H19NO3S/c14-10-6-9(17)7-13(10)11(12(15)16)8-4-2-1-3-5-8/h8-9,11,17H,1-7H2,(H,15,16)/t9?,11-/m0/s1. The Morgan fingerprint density at radius 1 is 1.35 bits per heavy atom. The Hall–Kier alpha value is -0.710. The van der Waals surface area contributed by atoms with Crippen LogP contribution < -0.4 is 0 Å². The van der Waals surface area contributed by atoms with E-state index in [2.05, 4.69) is 12.6 Å². The molecule has 1 saturated heterocycles. The van der Waals surface area contributed by atoms with Crippen LogP contribution in [-0.4, -0.2) is 39.7 Å². The van der Waals surface area contributed by atoms with E-state index in [4.69, 9.17) is 0 Å². The van der Waals surface area contributed by atoms with Gasteiger partial charge in [0, 0.05) is 18.2 Å². The summed E-state index contributed by atoms with van der Waals surface area (Å²) in [7, 11) is 0. The summed E-state index contributed by atoms with van der Waals surface area (Å²) >= 11 is 4.28. The van der Waals surface area contributed by atoms with E-state index < -0.39 is 12.0 Å². The predicted octanol–water partition coefficient (Wildman–Crippen LogP) is 1.55. The van der Waals surface area contributed by atoms with Crippen LogP contribution >= 0.6 is 12.6 Å². The molecule has 1 aliphatic heterocycles. The van der Waals surface area contributed by atoms with Crippen molar-refractivity contribution in [3.63, 3.8) is 0 Å². The lowest BCUT2D eigenvalue weighted by Crippen LogP contribution is -2.47. The fourth-order valence-electron chi connectivity index (χ4n) is 3.02. The monoisotopic (exact) mass is 257 g/mol. The summed E-state index contributed by atoms with van der Waals surface area (Å²) in [6.45, 7) is 0.482. The number of thiol groups is 1. The van der Waals surface area contributed by atoms with Crippen LogP contribution in [0.15, 0.2) is 0 Å². The number of carbonyl (C=O) groups is 2. The molecule has 0 bridgehead atoms. The van der Waals surface area contributed by atoms with E-state index in [1.165, 1.54) is 11.3 Å². The molecule has 2 fully saturated rings. The second-order valence-electron chi connectivity index (χ2n) is 5.09. The van der Waals surface area contributed by atoms with Gasteiger partial charge in [-0.05, 0) is 18.8 Å². The maximum absolute atomic E-state index is 11.8. The molecular formula is C12H19NO3S. The average Bonchev–Trinajstić information content (AvgIpc) is 2.59. The van der Waals surface area contributed by atoms with E-state index in [9.17, 15) is 14.7 Å². The third-order valence-electron chi connectivity index (χ3n) is 3.82. The summed E-state index contributed by atoms with van der Waals surface area (Å²) in [6, 6.07) is -0.625. The first-order valence-corrected chi connectivity index (χ1v) is 6.81. The number of amides is 1. The van der Waals surface area contributed by atoms with Gasteiger partial charge in [0.15, 0.2) is 0 Å². The van der Waals surface area contributed by atoms with Crippen molar-refractivity contribution in [1.82, 2.24) is 4.90 Å². The normalized spacial score (nSPS) is 28.4. The Morgan fingerprint density at radius 3 is 2.47 bits per heavy atom. The van der Waals surface area contributed by atoms with Crippen molar-refractivity contribution in [2.24, 2.45) is 5.92 Å². The van der Waals surface area contributed by atoms with Crippen molar-refractivity contribution in [1.29, 1.82) is 0 Å². The van der Waals surface area contributed by atoms with Crippen LogP contribution in [-0.2, 0) is 9.59 Å². The minimum Gasteiger partial charge on any atom is -0.480 e. The highest BCUT2D eigenvalue weighted by atomic mass is 32.1.